The first-order chi connectivity index (χ1) is 9.83. The van der Waals surface area contributed by atoms with Gasteiger partial charge >= 0.3 is 0 Å². The highest BCUT2D eigenvalue weighted by atomic mass is 16.5. The molecule has 1 aromatic carbocycles. The number of guanidine groups is 1. The quantitative estimate of drug-likeness (QED) is 0.656. The van der Waals surface area contributed by atoms with Gasteiger partial charge in [-0.05, 0) is 30.9 Å². The Morgan fingerprint density at radius 2 is 2.05 bits per heavy atom. The van der Waals surface area contributed by atoms with Crippen LogP contribution in [0.4, 0.5) is 0 Å². The van der Waals surface area contributed by atoms with Crippen LogP contribution in [0.15, 0.2) is 29.3 Å². The van der Waals surface area contributed by atoms with E-state index < -0.39 is 0 Å². The molecule has 1 atom stereocenters. The summed E-state index contributed by atoms with van der Waals surface area (Å²) in [6.07, 6.45) is 6.06. The van der Waals surface area contributed by atoms with Crippen LogP contribution in [-0.4, -0.2) is 25.2 Å². The third-order valence-corrected chi connectivity index (χ3v) is 4.27. The van der Waals surface area contributed by atoms with E-state index in [4.69, 9.17) is 10.5 Å². The summed E-state index contributed by atoms with van der Waals surface area (Å²) in [6, 6.07) is 8.77. The molecule has 3 N–H and O–H groups in total. The van der Waals surface area contributed by atoms with E-state index in [2.05, 4.69) is 22.4 Å². The molecular formula is C16H23N3O. The zero-order chi connectivity index (χ0) is 13.8. The van der Waals surface area contributed by atoms with E-state index >= 15 is 0 Å². The summed E-state index contributed by atoms with van der Waals surface area (Å²) in [5.41, 5.74) is 7.26. The van der Waals surface area contributed by atoms with E-state index in [0.29, 0.717) is 17.9 Å². The maximum absolute atomic E-state index is 6.00. The van der Waals surface area contributed by atoms with Crippen LogP contribution >= 0.6 is 0 Å². The lowest BCUT2D eigenvalue weighted by molar-refractivity contribution is 0.269. The number of para-hydroxylation sites is 1. The normalized spacial score (nSPS) is 23.2. The molecule has 1 aliphatic carbocycles. The molecule has 3 rings (SSSR count). The van der Waals surface area contributed by atoms with Crippen LogP contribution in [0.3, 0.4) is 0 Å². The highest BCUT2D eigenvalue weighted by Gasteiger charge is 2.21. The lowest BCUT2D eigenvalue weighted by Crippen LogP contribution is -2.38. The summed E-state index contributed by atoms with van der Waals surface area (Å²) in [4.78, 5) is 4.54. The number of hydrogen-bond donors (Lipinski definition) is 2. The van der Waals surface area contributed by atoms with Crippen molar-refractivity contribution in [1.29, 1.82) is 0 Å². The number of ether oxygens (including phenoxy) is 1. The first kappa shape index (κ1) is 13.3. The van der Waals surface area contributed by atoms with Crippen LogP contribution < -0.4 is 15.8 Å². The largest absolute Gasteiger partial charge is 0.493 e. The van der Waals surface area contributed by atoms with Gasteiger partial charge in [0.05, 0.1) is 6.61 Å². The second-order valence-electron chi connectivity index (χ2n) is 5.72. The Bertz CT molecular complexity index is 480. The van der Waals surface area contributed by atoms with E-state index in [1.54, 1.807) is 0 Å². The summed E-state index contributed by atoms with van der Waals surface area (Å²) >= 11 is 0. The third kappa shape index (κ3) is 3.06. The lowest BCUT2D eigenvalue weighted by Gasteiger charge is -2.24. The van der Waals surface area contributed by atoms with Gasteiger partial charge in [0, 0.05) is 18.5 Å². The molecule has 4 heteroatoms. The Kier molecular flexibility index (Phi) is 4.09. The van der Waals surface area contributed by atoms with E-state index in [-0.39, 0.29) is 0 Å². The molecule has 0 amide bonds. The molecule has 108 valence electrons. The highest BCUT2D eigenvalue weighted by Crippen LogP contribution is 2.33. The smallest absolute Gasteiger partial charge is 0.188 e. The van der Waals surface area contributed by atoms with E-state index in [1.165, 1.54) is 31.2 Å². The van der Waals surface area contributed by atoms with Crippen molar-refractivity contribution < 1.29 is 4.74 Å². The number of hydrogen-bond acceptors (Lipinski definition) is 2. The highest BCUT2D eigenvalue weighted by molar-refractivity contribution is 5.78. The third-order valence-electron chi connectivity index (χ3n) is 4.27. The number of fused-ring (bicyclic) bond motifs is 1. The predicted molar refractivity (Wildman–Crippen MR) is 81.2 cm³/mol. The maximum Gasteiger partial charge on any atom is 0.188 e. The topological polar surface area (TPSA) is 59.6 Å². The minimum absolute atomic E-state index is 0.420. The number of aliphatic imine (C=N–C) groups is 1. The van der Waals surface area contributed by atoms with Crippen molar-refractivity contribution in [2.24, 2.45) is 10.7 Å². The summed E-state index contributed by atoms with van der Waals surface area (Å²) in [5.74, 6) is 2.02. The van der Waals surface area contributed by atoms with Gasteiger partial charge in [-0.1, -0.05) is 31.0 Å². The first-order valence-corrected chi connectivity index (χ1v) is 7.61. The van der Waals surface area contributed by atoms with Crippen LogP contribution in [0.5, 0.6) is 5.75 Å². The fraction of sp³-hybridized carbons (Fsp3) is 0.562. The Labute approximate surface area is 120 Å². The summed E-state index contributed by atoms with van der Waals surface area (Å²) in [6.45, 7) is 1.51. The van der Waals surface area contributed by atoms with Crippen molar-refractivity contribution in [1.82, 2.24) is 5.32 Å². The molecule has 0 bridgehead atoms. The van der Waals surface area contributed by atoms with Crippen molar-refractivity contribution in [2.75, 3.05) is 13.2 Å². The van der Waals surface area contributed by atoms with E-state index in [1.807, 2.05) is 12.1 Å². The zero-order valence-electron chi connectivity index (χ0n) is 11.8. The van der Waals surface area contributed by atoms with Crippen molar-refractivity contribution in [3.05, 3.63) is 29.8 Å². The molecule has 1 unspecified atom stereocenters. The Balaban J connectivity index is 1.60. The average Bonchev–Trinajstić information content (AvgIpc) is 2.98. The standard InChI is InChI=1S/C16H23N3O/c17-16(19-13-5-1-2-6-13)18-11-12-9-10-20-15-8-4-3-7-14(12)15/h3-4,7-8,12-13H,1-2,5-6,9-11H2,(H3,17,18,19). The predicted octanol–water partition coefficient (Wildman–Crippen LogP) is 2.40. The van der Waals surface area contributed by atoms with Crippen LogP contribution in [-0.2, 0) is 0 Å². The summed E-state index contributed by atoms with van der Waals surface area (Å²) in [7, 11) is 0. The van der Waals surface area contributed by atoms with Crippen LogP contribution in [0, 0.1) is 0 Å². The van der Waals surface area contributed by atoms with E-state index in [9.17, 15) is 0 Å². The van der Waals surface area contributed by atoms with Crippen LogP contribution in [0.25, 0.3) is 0 Å². The Morgan fingerprint density at radius 1 is 1.25 bits per heavy atom. The molecular weight excluding hydrogens is 250 g/mol. The van der Waals surface area contributed by atoms with Crippen molar-refractivity contribution in [2.45, 2.75) is 44.1 Å². The number of nitrogens with two attached hydrogens (primary N) is 1. The van der Waals surface area contributed by atoms with Gasteiger partial charge in [-0.25, -0.2) is 0 Å². The fourth-order valence-electron chi connectivity index (χ4n) is 3.14. The van der Waals surface area contributed by atoms with Gasteiger partial charge in [0.25, 0.3) is 0 Å². The summed E-state index contributed by atoms with van der Waals surface area (Å²) in [5, 5.41) is 3.34. The fourth-order valence-corrected chi connectivity index (χ4v) is 3.14. The molecule has 1 aromatic rings. The second kappa shape index (κ2) is 6.16. The van der Waals surface area contributed by atoms with Crippen LogP contribution in [0.1, 0.15) is 43.6 Å². The number of benzene rings is 1. The SMILES string of the molecule is NC(=NCC1CCOc2ccccc21)NC1CCCC1. The van der Waals surface area contributed by atoms with Gasteiger partial charge in [0.1, 0.15) is 5.75 Å². The number of nitrogens with zero attached hydrogens (tertiary/aromatic N) is 1. The first-order valence-electron chi connectivity index (χ1n) is 7.61. The zero-order valence-corrected chi connectivity index (χ0v) is 11.8. The molecule has 1 heterocycles. The lowest BCUT2D eigenvalue weighted by atomic mass is 9.93. The minimum Gasteiger partial charge on any atom is -0.493 e. The molecule has 1 aliphatic heterocycles. The van der Waals surface area contributed by atoms with Gasteiger partial charge in [-0.15, -0.1) is 0 Å². The van der Waals surface area contributed by atoms with Gasteiger partial charge in [-0.2, -0.15) is 0 Å². The van der Waals surface area contributed by atoms with Gasteiger partial charge < -0.3 is 15.8 Å². The molecule has 0 saturated heterocycles. The van der Waals surface area contributed by atoms with Crippen molar-refractivity contribution in [3.63, 3.8) is 0 Å². The molecule has 1 fully saturated rings. The molecule has 0 radical (unpaired) electrons. The van der Waals surface area contributed by atoms with Gasteiger partial charge in [0.2, 0.25) is 0 Å². The second-order valence-corrected chi connectivity index (χ2v) is 5.72. The van der Waals surface area contributed by atoms with Crippen molar-refractivity contribution in [3.8, 4) is 5.75 Å². The molecule has 20 heavy (non-hydrogen) atoms. The molecule has 4 nitrogen and oxygen atoms in total. The number of nitrogens with one attached hydrogen (secondary N) is 1. The molecule has 0 aromatic heterocycles. The Hall–Kier alpha value is -1.71. The molecule has 0 spiro atoms. The molecule has 2 aliphatic rings. The minimum atomic E-state index is 0.420. The monoisotopic (exact) mass is 273 g/mol. The molecule has 1 saturated carbocycles. The number of rotatable bonds is 3. The van der Waals surface area contributed by atoms with Crippen molar-refractivity contribution >= 4 is 5.96 Å². The maximum atomic E-state index is 6.00. The van der Waals surface area contributed by atoms with Gasteiger partial charge in [0.15, 0.2) is 5.96 Å². The summed E-state index contributed by atoms with van der Waals surface area (Å²) < 4.78 is 5.67. The Morgan fingerprint density at radius 3 is 2.90 bits per heavy atom. The van der Waals surface area contributed by atoms with E-state index in [0.717, 1.165) is 25.3 Å². The average molecular weight is 273 g/mol. The van der Waals surface area contributed by atoms with Gasteiger partial charge in [-0.3, -0.25) is 4.99 Å². The van der Waals surface area contributed by atoms with Crippen LogP contribution in [0.2, 0.25) is 0 Å².